The average Bonchev–Trinajstić information content (AvgIpc) is 2.48. The molecule has 0 spiro atoms. The van der Waals surface area contributed by atoms with Gasteiger partial charge in [-0.3, -0.25) is 9.98 Å². The van der Waals surface area contributed by atoms with Crippen molar-refractivity contribution in [3.05, 3.63) is 30.1 Å². The van der Waals surface area contributed by atoms with E-state index in [0.717, 1.165) is 18.3 Å². The van der Waals surface area contributed by atoms with Crippen molar-refractivity contribution in [2.24, 2.45) is 16.6 Å². The summed E-state index contributed by atoms with van der Waals surface area (Å²) in [6, 6.07) is 3.89. The maximum Gasteiger partial charge on any atom is 0.147 e. The van der Waals surface area contributed by atoms with Crippen molar-refractivity contribution < 1.29 is 4.79 Å². The Labute approximate surface area is 126 Å². The largest absolute Gasteiger partial charge is 0.388 e. The Kier molecular flexibility index (Phi) is 5.48. The number of rotatable bonds is 6. The molecule has 0 aromatic carbocycles. The third kappa shape index (κ3) is 4.66. The molecular weight excluding hydrogens is 262 g/mol. The molecule has 0 saturated heterocycles. The lowest BCUT2D eigenvalue weighted by Gasteiger charge is -2.31. The molecule has 1 aliphatic rings. The number of aliphatic imine (C=N–C) groups is 1. The number of aromatic nitrogens is 1. The third-order valence-corrected chi connectivity index (χ3v) is 4.22. The van der Waals surface area contributed by atoms with E-state index in [2.05, 4.69) is 9.98 Å². The van der Waals surface area contributed by atoms with E-state index in [0.29, 0.717) is 18.2 Å². The first kappa shape index (κ1) is 15.7. The molecule has 1 aromatic rings. The third-order valence-electron chi connectivity index (χ3n) is 4.22. The normalized spacial score (nSPS) is 20.0. The van der Waals surface area contributed by atoms with Gasteiger partial charge in [-0.2, -0.15) is 0 Å². The minimum Gasteiger partial charge on any atom is -0.388 e. The van der Waals surface area contributed by atoms with Gasteiger partial charge >= 0.3 is 0 Å². The summed E-state index contributed by atoms with van der Waals surface area (Å²) < 4.78 is 0. The Hall–Kier alpha value is -1.71. The highest BCUT2D eigenvalue weighted by Crippen LogP contribution is 2.33. The number of carbonyl (C=O) groups excluding carboxylic acids is 1. The van der Waals surface area contributed by atoms with E-state index in [1.54, 1.807) is 19.3 Å². The summed E-state index contributed by atoms with van der Waals surface area (Å²) in [4.78, 5) is 20.5. The highest BCUT2D eigenvalue weighted by atomic mass is 16.1. The summed E-state index contributed by atoms with van der Waals surface area (Å²) in [5.41, 5.74) is 6.09. The van der Waals surface area contributed by atoms with Crippen LogP contribution in [0, 0.1) is 5.92 Å². The molecule has 4 nitrogen and oxygen atoms in total. The van der Waals surface area contributed by atoms with Crippen molar-refractivity contribution in [1.29, 1.82) is 0 Å². The number of hydrogen-bond donors (Lipinski definition) is 1. The monoisotopic (exact) mass is 287 g/mol. The lowest BCUT2D eigenvalue weighted by molar-refractivity contribution is -0.112. The van der Waals surface area contributed by atoms with Gasteiger partial charge in [0, 0.05) is 18.8 Å². The SMILES string of the molecule is CC(N)=NC(C=O)(Cc1cccnc1)CC1CCCCC1. The molecule has 2 rings (SSSR count). The van der Waals surface area contributed by atoms with Crippen molar-refractivity contribution in [3.63, 3.8) is 0 Å². The Bertz CT molecular complexity index is 476. The van der Waals surface area contributed by atoms with Crippen molar-refractivity contribution >= 4 is 12.1 Å². The van der Waals surface area contributed by atoms with Crippen LogP contribution in [0.2, 0.25) is 0 Å². The first-order chi connectivity index (χ1) is 10.1. The molecule has 114 valence electrons. The number of amidine groups is 1. The summed E-state index contributed by atoms with van der Waals surface area (Å²) in [6.45, 7) is 1.75. The fourth-order valence-corrected chi connectivity index (χ4v) is 3.37. The average molecular weight is 287 g/mol. The lowest BCUT2D eigenvalue weighted by atomic mass is 9.78. The molecule has 1 atom stereocenters. The van der Waals surface area contributed by atoms with Gasteiger partial charge in [0.15, 0.2) is 0 Å². The zero-order valence-electron chi connectivity index (χ0n) is 12.8. The Morgan fingerprint density at radius 2 is 2.24 bits per heavy atom. The molecular formula is C17H25N3O. The van der Waals surface area contributed by atoms with E-state index in [4.69, 9.17) is 5.73 Å². The first-order valence-corrected chi connectivity index (χ1v) is 7.81. The van der Waals surface area contributed by atoms with Crippen molar-refractivity contribution in [3.8, 4) is 0 Å². The fourth-order valence-electron chi connectivity index (χ4n) is 3.37. The number of aldehydes is 1. The van der Waals surface area contributed by atoms with Gasteiger partial charge in [-0.15, -0.1) is 0 Å². The van der Waals surface area contributed by atoms with E-state index in [1.807, 2.05) is 12.1 Å². The number of nitrogens with zero attached hydrogens (tertiary/aromatic N) is 2. The van der Waals surface area contributed by atoms with Crippen LogP contribution < -0.4 is 5.73 Å². The molecule has 0 radical (unpaired) electrons. The minimum atomic E-state index is -0.732. The van der Waals surface area contributed by atoms with Crippen LogP contribution in [0.1, 0.15) is 51.0 Å². The minimum absolute atomic E-state index is 0.474. The molecule has 0 amide bonds. The van der Waals surface area contributed by atoms with Crippen molar-refractivity contribution in [2.45, 2.75) is 57.4 Å². The molecule has 1 heterocycles. The zero-order chi connectivity index (χ0) is 15.1. The van der Waals surface area contributed by atoms with Crippen LogP contribution in [0.25, 0.3) is 0 Å². The standard InChI is InChI=1S/C17H25N3O/c1-14(18)20-17(13-21,10-15-6-3-2-4-7-15)11-16-8-5-9-19-12-16/h5,8-9,12-13,15H,2-4,6-7,10-11H2,1H3,(H2,18,20). The Balaban J connectivity index is 2.20. The maximum atomic E-state index is 11.9. The van der Waals surface area contributed by atoms with Crippen molar-refractivity contribution in [2.75, 3.05) is 0 Å². The summed E-state index contributed by atoms with van der Waals surface area (Å²) in [5, 5.41) is 0. The highest BCUT2D eigenvalue weighted by Gasteiger charge is 2.33. The molecule has 1 fully saturated rings. The van der Waals surface area contributed by atoms with Gasteiger partial charge in [-0.25, -0.2) is 0 Å². The summed E-state index contributed by atoms with van der Waals surface area (Å²) in [6.07, 6.45) is 12.1. The summed E-state index contributed by atoms with van der Waals surface area (Å²) in [7, 11) is 0. The van der Waals surface area contributed by atoms with Gasteiger partial charge < -0.3 is 10.5 Å². The van der Waals surface area contributed by atoms with Crippen LogP contribution in [0.3, 0.4) is 0 Å². The van der Waals surface area contributed by atoms with Gasteiger partial charge in [-0.1, -0.05) is 38.2 Å². The highest BCUT2D eigenvalue weighted by molar-refractivity contribution is 5.81. The van der Waals surface area contributed by atoms with Crippen LogP contribution in [0.4, 0.5) is 0 Å². The molecule has 2 N–H and O–H groups in total. The topological polar surface area (TPSA) is 68.3 Å². The number of pyridine rings is 1. The van der Waals surface area contributed by atoms with Crippen LogP contribution in [-0.2, 0) is 11.2 Å². The molecule has 0 bridgehead atoms. The molecule has 1 saturated carbocycles. The van der Waals surface area contributed by atoms with Gasteiger partial charge in [0.1, 0.15) is 11.8 Å². The second-order valence-corrected chi connectivity index (χ2v) is 6.22. The molecule has 1 aromatic heterocycles. The Morgan fingerprint density at radius 3 is 2.81 bits per heavy atom. The predicted molar refractivity (Wildman–Crippen MR) is 85.2 cm³/mol. The molecule has 1 unspecified atom stereocenters. The van der Waals surface area contributed by atoms with Crippen LogP contribution in [0.15, 0.2) is 29.5 Å². The van der Waals surface area contributed by atoms with Gasteiger partial charge in [0.2, 0.25) is 0 Å². The number of hydrogen-bond acceptors (Lipinski definition) is 3. The maximum absolute atomic E-state index is 11.9. The van der Waals surface area contributed by atoms with Crippen LogP contribution >= 0.6 is 0 Å². The van der Waals surface area contributed by atoms with Gasteiger partial charge in [0.25, 0.3) is 0 Å². The smallest absolute Gasteiger partial charge is 0.147 e. The number of carbonyl (C=O) groups is 1. The van der Waals surface area contributed by atoms with E-state index in [-0.39, 0.29) is 0 Å². The lowest BCUT2D eigenvalue weighted by Crippen LogP contribution is -2.36. The Morgan fingerprint density at radius 1 is 1.48 bits per heavy atom. The molecule has 21 heavy (non-hydrogen) atoms. The summed E-state index contributed by atoms with van der Waals surface area (Å²) in [5.74, 6) is 1.05. The molecule has 4 heteroatoms. The van der Waals surface area contributed by atoms with Gasteiger partial charge in [0.05, 0.1) is 5.84 Å². The van der Waals surface area contributed by atoms with E-state index < -0.39 is 5.54 Å². The summed E-state index contributed by atoms with van der Waals surface area (Å²) >= 11 is 0. The first-order valence-electron chi connectivity index (χ1n) is 7.81. The van der Waals surface area contributed by atoms with Crippen molar-refractivity contribution in [1.82, 2.24) is 4.98 Å². The van der Waals surface area contributed by atoms with E-state index in [1.165, 1.54) is 32.1 Å². The fraction of sp³-hybridized carbons (Fsp3) is 0.588. The second kappa shape index (κ2) is 7.34. The van der Waals surface area contributed by atoms with Crippen LogP contribution in [-0.4, -0.2) is 22.6 Å². The number of nitrogens with two attached hydrogens (primary N) is 1. The predicted octanol–water partition coefficient (Wildman–Crippen LogP) is 2.91. The van der Waals surface area contributed by atoms with E-state index in [9.17, 15) is 4.79 Å². The van der Waals surface area contributed by atoms with E-state index >= 15 is 0 Å². The van der Waals surface area contributed by atoms with Crippen LogP contribution in [0.5, 0.6) is 0 Å². The quantitative estimate of drug-likeness (QED) is 0.497. The van der Waals surface area contributed by atoms with Gasteiger partial charge in [-0.05, 0) is 30.9 Å². The molecule has 1 aliphatic carbocycles. The molecule has 0 aliphatic heterocycles. The second-order valence-electron chi connectivity index (χ2n) is 6.22. The zero-order valence-corrected chi connectivity index (χ0v) is 12.8.